The molecule has 0 atom stereocenters. The van der Waals surface area contributed by atoms with Crippen molar-refractivity contribution in [3.05, 3.63) is 29.6 Å². The fourth-order valence-electron chi connectivity index (χ4n) is 1.36. The first-order chi connectivity index (χ1) is 7.95. The Bertz CT molecular complexity index is 438. The number of methoxy groups -OCH3 is 1. The van der Waals surface area contributed by atoms with Crippen molar-refractivity contribution < 1.29 is 18.7 Å². The van der Waals surface area contributed by atoms with Crippen LogP contribution in [0.25, 0.3) is 0 Å². The van der Waals surface area contributed by atoms with Gasteiger partial charge in [-0.05, 0) is 18.2 Å². The molecule has 17 heavy (non-hydrogen) atoms. The summed E-state index contributed by atoms with van der Waals surface area (Å²) in [6, 6.07) is 3.68. The largest absolute Gasteiger partial charge is 0.496 e. The van der Waals surface area contributed by atoms with Gasteiger partial charge in [0.2, 0.25) is 0 Å². The van der Waals surface area contributed by atoms with E-state index in [2.05, 4.69) is 0 Å². The van der Waals surface area contributed by atoms with E-state index in [4.69, 9.17) is 4.74 Å². The maximum Gasteiger partial charge on any atom is 0.174 e. The molecule has 0 heterocycles. The lowest BCUT2D eigenvalue weighted by Crippen LogP contribution is -2.14. The molecule has 0 aromatic heterocycles. The van der Waals surface area contributed by atoms with Crippen LogP contribution in [0.15, 0.2) is 18.2 Å². The number of carbonyl (C=O) groups excluding carboxylic acids is 2. The van der Waals surface area contributed by atoms with Crippen molar-refractivity contribution in [3.63, 3.8) is 0 Å². The fraction of sp³-hybridized carbons (Fsp3) is 0.385. The van der Waals surface area contributed by atoms with Gasteiger partial charge in [0.15, 0.2) is 5.78 Å². The summed E-state index contributed by atoms with van der Waals surface area (Å²) in [6.45, 7) is 3.44. The highest BCUT2D eigenvalue weighted by molar-refractivity contribution is 6.09. The average Bonchev–Trinajstić information content (AvgIpc) is 2.28. The third-order valence-electron chi connectivity index (χ3n) is 2.44. The third kappa shape index (κ3) is 3.37. The number of halogens is 1. The zero-order valence-corrected chi connectivity index (χ0v) is 10.1. The van der Waals surface area contributed by atoms with E-state index in [0.717, 1.165) is 6.07 Å². The molecule has 1 aromatic carbocycles. The molecule has 0 aliphatic rings. The van der Waals surface area contributed by atoms with Gasteiger partial charge < -0.3 is 4.74 Å². The first-order valence-electron chi connectivity index (χ1n) is 5.35. The van der Waals surface area contributed by atoms with Crippen LogP contribution in [0.5, 0.6) is 5.75 Å². The van der Waals surface area contributed by atoms with Gasteiger partial charge in [-0.15, -0.1) is 0 Å². The van der Waals surface area contributed by atoms with Crippen molar-refractivity contribution in [2.24, 2.45) is 5.92 Å². The predicted molar refractivity (Wildman–Crippen MR) is 61.7 cm³/mol. The van der Waals surface area contributed by atoms with Crippen LogP contribution >= 0.6 is 0 Å². The molecule has 0 spiro atoms. The van der Waals surface area contributed by atoms with Gasteiger partial charge in [0, 0.05) is 5.92 Å². The van der Waals surface area contributed by atoms with Crippen LogP contribution in [-0.2, 0) is 4.79 Å². The van der Waals surface area contributed by atoms with Gasteiger partial charge in [0.05, 0.1) is 19.1 Å². The first-order valence-corrected chi connectivity index (χ1v) is 5.35. The first kappa shape index (κ1) is 13.4. The van der Waals surface area contributed by atoms with E-state index in [1.807, 2.05) is 0 Å². The summed E-state index contributed by atoms with van der Waals surface area (Å²) in [4.78, 5) is 23.3. The van der Waals surface area contributed by atoms with Gasteiger partial charge in [-0.3, -0.25) is 9.59 Å². The minimum Gasteiger partial charge on any atom is -0.496 e. The van der Waals surface area contributed by atoms with Gasteiger partial charge in [-0.2, -0.15) is 0 Å². The molecule has 0 amide bonds. The highest BCUT2D eigenvalue weighted by atomic mass is 19.1. The molecular formula is C13H15FO3. The van der Waals surface area contributed by atoms with Gasteiger partial charge in [0.25, 0.3) is 0 Å². The normalized spacial score (nSPS) is 10.4. The number of ketones is 2. The Labute approximate surface area is 99.6 Å². The van der Waals surface area contributed by atoms with Crippen LogP contribution in [0.1, 0.15) is 30.6 Å². The van der Waals surface area contributed by atoms with Gasteiger partial charge in [-0.1, -0.05) is 13.8 Å². The van der Waals surface area contributed by atoms with E-state index in [1.165, 1.54) is 19.2 Å². The molecule has 0 saturated heterocycles. The molecule has 0 aliphatic heterocycles. The molecular weight excluding hydrogens is 223 g/mol. The van der Waals surface area contributed by atoms with Crippen LogP contribution in [0.2, 0.25) is 0 Å². The van der Waals surface area contributed by atoms with Crippen LogP contribution in [0, 0.1) is 11.7 Å². The Balaban J connectivity index is 2.95. The summed E-state index contributed by atoms with van der Waals surface area (Å²) < 4.78 is 18.0. The summed E-state index contributed by atoms with van der Waals surface area (Å²) in [7, 11) is 1.40. The van der Waals surface area contributed by atoms with Crippen LogP contribution in [-0.4, -0.2) is 18.7 Å². The third-order valence-corrected chi connectivity index (χ3v) is 2.44. The number of hydrogen-bond donors (Lipinski definition) is 0. The lowest BCUT2D eigenvalue weighted by atomic mass is 9.99. The second-order valence-electron chi connectivity index (χ2n) is 4.07. The molecule has 1 aromatic rings. The Hall–Kier alpha value is -1.71. The molecule has 1 rings (SSSR count). The average molecular weight is 238 g/mol. The Morgan fingerprint density at radius 3 is 2.53 bits per heavy atom. The van der Waals surface area contributed by atoms with Gasteiger partial charge >= 0.3 is 0 Å². The van der Waals surface area contributed by atoms with Crippen molar-refractivity contribution in [1.82, 2.24) is 0 Å². The van der Waals surface area contributed by atoms with E-state index in [1.54, 1.807) is 13.8 Å². The molecule has 0 N–H and O–H groups in total. The van der Waals surface area contributed by atoms with Crippen LogP contribution in [0.3, 0.4) is 0 Å². The standard InChI is InChI=1S/C13H15FO3/c1-8(2)11(15)7-12(16)10-6-9(14)4-5-13(10)17-3/h4-6,8H,7H2,1-3H3. The Morgan fingerprint density at radius 2 is 2.00 bits per heavy atom. The molecule has 92 valence electrons. The second kappa shape index (κ2) is 5.57. The lowest BCUT2D eigenvalue weighted by Gasteiger charge is -2.08. The van der Waals surface area contributed by atoms with Crippen molar-refractivity contribution in [2.75, 3.05) is 7.11 Å². The smallest absolute Gasteiger partial charge is 0.174 e. The van der Waals surface area contributed by atoms with Crippen molar-refractivity contribution in [1.29, 1.82) is 0 Å². The Kier molecular flexibility index (Phi) is 4.37. The number of Topliss-reactive ketones (excluding diaryl/α,β-unsaturated/α-hetero) is 2. The van der Waals surface area contributed by atoms with E-state index in [9.17, 15) is 14.0 Å². The topological polar surface area (TPSA) is 43.4 Å². The molecule has 0 radical (unpaired) electrons. The summed E-state index contributed by atoms with van der Waals surface area (Å²) in [5.41, 5.74) is 0.113. The lowest BCUT2D eigenvalue weighted by molar-refractivity contribution is -0.121. The summed E-state index contributed by atoms with van der Waals surface area (Å²) in [5.74, 6) is -1.03. The highest BCUT2D eigenvalue weighted by Crippen LogP contribution is 2.21. The van der Waals surface area contributed by atoms with Crippen molar-refractivity contribution >= 4 is 11.6 Å². The monoisotopic (exact) mass is 238 g/mol. The maximum absolute atomic E-state index is 13.0. The minimum atomic E-state index is -0.522. The van der Waals surface area contributed by atoms with Gasteiger partial charge in [-0.25, -0.2) is 4.39 Å². The molecule has 0 saturated carbocycles. The number of rotatable bonds is 5. The maximum atomic E-state index is 13.0. The fourth-order valence-corrected chi connectivity index (χ4v) is 1.36. The highest BCUT2D eigenvalue weighted by Gasteiger charge is 2.18. The minimum absolute atomic E-state index is 0.113. The number of benzene rings is 1. The van der Waals surface area contributed by atoms with Gasteiger partial charge in [0.1, 0.15) is 17.3 Å². The summed E-state index contributed by atoms with van der Waals surface area (Å²) >= 11 is 0. The molecule has 0 fully saturated rings. The number of ether oxygens (including phenoxy) is 1. The molecule has 0 bridgehead atoms. The van der Waals surface area contributed by atoms with Crippen LogP contribution < -0.4 is 4.74 Å². The van der Waals surface area contributed by atoms with Crippen LogP contribution in [0.4, 0.5) is 4.39 Å². The van der Waals surface area contributed by atoms with E-state index in [0.29, 0.717) is 0 Å². The quantitative estimate of drug-likeness (QED) is 0.585. The van der Waals surface area contributed by atoms with Crippen molar-refractivity contribution in [3.8, 4) is 5.75 Å². The Morgan fingerprint density at radius 1 is 1.35 bits per heavy atom. The zero-order chi connectivity index (χ0) is 13.0. The molecule has 0 unspecified atom stereocenters. The molecule has 0 aliphatic carbocycles. The second-order valence-corrected chi connectivity index (χ2v) is 4.07. The predicted octanol–water partition coefficient (Wildman–Crippen LogP) is 2.63. The summed E-state index contributed by atoms with van der Waals surface area (Å²) in [6.07, 6.45) is -0.225. The SMILES string of the molecule is COc1ccc(F)cc1C(=O)CC(=O)C(C)C. The van der Waals surface area contributed by atoms with Crippen molar-refractivity contribution in [2.45, 2.75) is 20.3 Å². The number of carbonyl (C=O) groups is 2. The number of hydrogen-bond acceptors (Lipinski definition) is 3. The van der Waals surface area contributed by atoms with E-state index >= 15 is 0 Å². The molecule has 3 nitrogen and oxygen atoms in total. The summed E-state index contributed by atoms with van der Waals surface area (Å²) in [5, 5.41) is 0. The zero-order valence-electron chi connectivity index (χ0n) is 10.1. The molecule has 4 heteroatoms. The van der Waals surface area contributed by atoms with E-state index < -0.39 is 11.6 Å². The van der Waals surface area contributed by atoms with E-state index in [-0.39, 0.29) is 29.4 Å².